The minimum absolute atomic E-state index is 0.296. The first kappa shape index (κ1) is 18.7. The Balaban J connectivity index is 0.000000295. The number of aldehydes is 1. The zero-order chi connectivity index (χ0) is 16.6. The minimum Gasteiger partial charge on any atom is -0.462 e. The van der Waals surface area contributed by atoms with Gasteiger partial charge in [0.25, 0.3) is 6.47 Å². The largest absolute Gasteiger partial charge is 0.462 e. The molecule has 1 aromatic carbocycles. The van der Waals surface area contributed by atoms with Crippen LogP contribution in [0.4, 0.5) is 0 Å². The van der Waals surface area contributed by atoms with Gasteiger partial charge in [0, 0.05) is 5.02 Å². The molecule has 0 radical (unpaired) electrons. The van der Waals surface area contributed by atoms with E-state index in [2.05, 4.69) is 10.1 Å². The van der Waals surface area contributed by atoms with Gasteiger partial charge in [-0.3, -0.25) is 4.79 Å². The van der Waals surface area contributed by atoms with Gasteiger partial charge in [-0.1, -0.05) is 23.7 Å². The number of ether oxygens (including phenoxy) is 1. The highest BCUT2D eigenvalue weighted by molar-refractivity contribution is 6.30. The molecule has 22 heavy (non-hydrogen) atoms. The van der Waals surface area contributed by atoms with Gasteiger partial charge < -0.3 is 14.8 Å². The van der Waals surface area contributed by atoms with Crippen molar-refractivity contribution in [2.45, 2.75) is 44.6 Å². The van der Waals surface area contributed by atoms with E-state index < -0.39 is 0 Å². The van der Waals surface area contributed by atoms with Crippen molar-refractivity contribution in [1.29, 1.82) is 0 Å². The lowest BCUT2D eigenvalue weighted by Crippen LogP contribution is -2.40. The molecule has 1 saturated heterocycles. The van der Waals surface area contributed by atoms with Gasteiger partial charge in [-0.15, -0.1) is 0 Å². The summed E-state index contributed by atoms with van der Waals surface area (Å²) in [6.07, 6.45) is 2.84. The first-order valence-electron chi connectivity index (χ1n) is 7.37. The maximum atomic E-state index is 11.3. The van der Waals surface area contributed by atoms with Crippen LogP contribution in [0.5, 0.6) is 0 Å². The van der Waals surface area contributed by atoms with Crippen LogP contribution in [-0.2, 0) is 19.7 Å². The van der Waals surface area contributed by atoms with E-state index in [1.165, 1.54) is 0 Å². The van der Waals surface area contributed by atoms with E-state index in [0.29, 0.717) is 11.5 Å². The molecule has 0 unspecified atom stereocenters. The third-order valence-corrected chi connectivity index (χ3v) is 3.79. The Morgan fingerprint density at radius 1 is 1.14 bits per heavy atom. The van der Waals surface area contributed by atoms with Crippen molar-refractivity contribution >= 4 is 24.4 Å². The van der Waals surface area contributed by atoms with Gasteiger partial charge in [0.15, 0.2) is 0 Å². The number of hydrogen-bond acceptors (Lipinski definition) is 4. The SMILES string of the molecule is CC(C)(C)OC=O.O=CC1(c2ccc(Cl)cc2)CCNCC1. The Morgan fingerprint density at radius 3 is 2.05 bits per heavy atom. The molecule has 0 spiro atoms. The normalized spacial score (nSPS) is 16.9. The van der Waals surface area contributed by atoms with Crippen molar-refractivity contribution in [3.63, 3.8) is 0 Å². The van der Waals surface area contributed by atoms with Crippen LogP contribution in [0, 0.1) is 0 Å². The molecule has 1 aliphatic heterocycles. The van der Waals surface area contributed by atoms with Crippen molar-refractivity contribution in [3.05, 3.63) is 34.9 Å². The molecular weight excluding hydrogens is 302 g/mol. The number of rotatable bonds is 3. The van der Waals surface area contributed by atoms with E-state index in [4.69, 9.17) is 11.6 Å². The summed E-state index contributed by atoms with van der Waals surface area (Å²) in [6, 6.07) is 7.62. The molecule has 4 nitrogen and oxygen atoms in total. The molecule has 2 rings (SSSR count). The van der Waals surface area contributed by atoms with Crippen molar-refractivity contribution in [2.75, 3.05) is 13.1 Å². The third kappa shape index (κ3) is 5.78. The van der Waals surface area contributed by atoms with Crippen LogP contribution in [0.1, 0.15) is 39.2 Å². The topological polar surface area (TPSA) is 55.4 Å². The highest BCUT2D eigenvalue weighted by Crippen LogP contribution is 2.31. The molecule has 122 valence electrons. The van der Waals surface area contributed by atoms with Crippen LogP contribution in [-0.4, -0.2) is 31.4 Å². The Morgan fingerprint density at radius 2 is 1.68 bits per heavy atom. The van der Waals surface area contributed by atoms with E-state index >= 15 is 0 Å². The maximum absolute atomic E-state index is 11.3. The van der Waals surface area contributed by atoms with Gasteiger partial charge in [-0.25, -0.2) is 0 Å². The lowest BCUT2D eigenvalue weighted by Gasteiger charge is -2.33. The van der Waals surface area contributed by atoms with E-state index in [0.717, 1.165) is 37.8 Å². The van der Waals surface area contributed by atoms with Crippen molar-refractivity contribution in [3.8, 4) is 0 Å². The van der Waals surface area contributed by atoms with Crippen molar-refractivity contribution < 1.29 is 14.3 Å². The standard InChI is InChI=1S/C12H14ClNO.C5H10O2/c13-11-3-1-10(2-4-11)12(9-15)5-7-14-8-6-12;1-5(2,3)7-4-6/h1-4,9,14H,5-8H2;4H,1-3H3. The number of benzene rings is 1. The molecule has 1 N–H and O–H groups in total. The summed E-state index contributed by atoms with van der Waals surface area (Å²) in [5.41, 5.74) is 0.473. The molecule has 0 aliphatic carbocycles. The fraction of sp³-hybridized carbons (Fsp3) is 0.529. The number of hydrogen-bond donors (Lipinski definition) is 1. The summed E-state index contributed by atoms with van der Waals surface area (Å²) in [6.45, 7) is 7.73. The lowest BCUT2D eigenvalue weighted by molar-refractivity contribution is -0.138. The molecule has 1 heterocycles. The average Bonchev–Trinajstić information content (AvgIpc) is 2.48. The average molecular weight is 326 g/mol. The van der Waals surface area contributed by atoms with Crippen LogP contribution < -0.4 is 5.32 Å². The Labute approximate surface area is 137 Å². The Hall–Kier alpha value is -1.39. The molecule has 1 aliphatic rings. The molecule has 0 amide bonds. The summed E-state index contributed by atoms with van der Waals surface area (Å²) in [7, 11) is 0. The van der Waals surface area contributed by atoms with Gasteiger partial charge in [0.2, 0.25) is 0 Å². The third-order valence-electron chi connectivity index (χ3n) is 3.54. The molecule has 0 saturated carbocycles. The minimum atomic E-state index is -0.318. The van der Waals surface area contributed by atoms with E-state index in [1.54, 1.807) is 0 Å². The van der Waals surface area contributed by atoms with E-state index in [9.17, 15) is 9.59 Å². The Bertz CT molecular complexity index is 474. The zero-order valence-electron chi connectivity index (χ0n) is 13.4. The lowest BCUT2D eigenvalue weighted by atomic mass is 9.74. The second kappa shape index (κ2) is 8.30. The second-order valence-electron chi connectivity index (χ2n) is 6.36. The number of halogens is 1. The maximum Gasteiger partial charge on any atom is 0.293 e. The summed E-state index contributed by atoms with van der Waals surface area (Å²) < 4.78 is 4.55. The highest BCUT2D eigenvalue weighted by Gasteiger charge is 2.33. The van der Waals surface area contributed by atoms with Gasteiger partial charge in [-0.2, -0.15) is 0 Å². The summed E-state index contributed by atoms with van der Waals surface area (Å²) in [5.74, 6) is 0. The van der Waals surface area contributed by atoms with Crippen LogP contribution in [0.2, 0.25) is 5.02 Å². The predicted octanol–water partition coefficient (Wildman–Crippen LogP) is 3.12. The van der Waals surface area contributed by atoms with Gasteiger partial charge >= 0.3 is 0 Å². The van der Waals surface area contributed by atoms with Crippen molar-refractivity contribution in [1.82, 2.24) is 5.32 Å². The molecule has 1 aromatic rings. The number of piperidine rings is 1. The zero-order valence-corrected chi connectivity index (χ0v) is 14.2. The summed E-state index contributed by atoms with van der Waals surface area (Å²) in [5, 5.41) is 3.99. The van der Waals surface area contributed by atoms with Crippen LogP contribution in [0.3, 0.4) is 0 Å². The van der Waals surface area contributed by atoms with E-state index in [1.807, 2.05) is 45.0 Å². The molecule has 0 aromatic heterocycles. The fourth-order valence-corrected chi connectivity index (χ4v) is 2.40. The van der Waals surface area contributed by atoms with E-state index in [-0.39, 0.29) is 11.0 Å². The van der Waals surface area contributed by atoms with Gasteiger partial charge in [0.1, 0.15) is 11.9 Å². The molecule has 0 bridgehead atoms. The predicted molar refractivity (Wildman–Crippen MR) is 88.2 cm³/mol. The first-order chi connectivity index (χ1) is 10.3. The van der Waals surface area contributed by atoms with Crippen molar-refractivity contribution in [2.24, 2.45) is 0 Å². The molecule has 0 atom stereocenters. The number of carbonyl (C=O) groups excluding carboxylic acids is 2. The summed E-state index contributed by atoms with van der Waals surface area (Å²) in [4.78, 5) is 20.9. The molecular formula is C17H24ClNO3. The van der Waals surface area contributed by atoms with Crippen LogP contribution >= 0.6 is 11.6 Å². The van der Waals surface area contributed by atoms with Crippen LogP contribution in [0.15, 0.2) is 24.3 Å². The van der Waals surface area contributed by atoms with Gasteiger partial charge in [-0.05, 0) is 64.4 Å². The first-order valence-corrected chi connectivity index (χ1v) is 7.75. The van der Waals surface area contributed by atoms with Gasteiger partial charge in [0.05, 0.1) is 5.41 Å². The second-order valence-corrected chi connectivity index (χ2v) is 6.79. The number of carbonyl (C=O) groups is 2. The smallest absolute Gasteiger partial charge is 0.293 e. The fourth-order valence-electron chi connectivity index (χ4n) is 2.27. The Kier molecular flexibility index (Phi) is 7.04. The highest BCUT2D eigenvalue weighted by atomic mass is 35.5. The molecule has 1 fully saturated rings. The monoisotopic (exact) mass is 325 g/mol. The number of nitrogens with one attached hydrogen (secondary N) is 1. The van der Waals surface area contributed by atoms with Crippen LogP contribution in [0.25, 0.3) is 0 Å². The quantitative estimate of drug-likeness (QED) is 0.868. The summed E-state index contributed by atoms with van der Waals surface area (Å²) >= 11 is 5.84. The molecule has 5 heteroatoms.